The summed E-state index contributed by atoms with van der Waals surface area (Å²) in [5.41, 5.74) is 0. The highest BCUT2D eigenvalue weighted by Gasteiger charge is 2.17. The van der Waals surface area contributed by atoms with E-state index in [2.05, 4.69) is 57.2 Å². The normalized spacial score (nSPS) is 12.4. The fourth-order valence-electron chi connectivity index (χ4n) is 7.65. The number of carbonyl (C=O) groups is 2. The predicted molar refractivity (Wildman–Crippen MR) is 261 cm³/mol. The van der Waals surface area contributed by atoms with E-state index in [1.807, 2.05) is 0 Å². The van der Waals surface area contributed by atoms with Crippen LogP contribution >= 0.6 is 0 Å². The number of allylic oxidation sites excluding steroid dienone is 6. The minimum Gasteiger partial charge on any atom is -0.462 e. The second-order valence-corrected chi connectivity index (χ2v) is 17.8. The number of esters is 2. The summed E-state index contributed by atoms with van der Waals surface area (Å²) in [6, 6.07) is 0. The van der Waals surface area contributed by atoms with Crippen LogP contribution in [0.25, 0.3) is 0 Å². The fraction of sp³-hybridized carbons (Fsp3) is 0.855. The molecule has 5 nitrogen and oxygen atoms in total. The van der Waals surface area contributed by atoms with Gasteiger partial charge in [0.25, 0.3) is 0 Å². The van der Waals surface area contributed by atoms with Crippen LogP contribution in [-0.4, -0.2) is 37.9 Å². The molecule has 0 aliphatic carbocycles. The number of unbranched alkanes of at least 4 members (excludes halogenated alkanes) is 32. The van der Waals surface area contributed by atoms with Crippen LogP contribution in [0.5, 0.6) is 0 Å². The molecule has 0 bridgehead atoms. The van der Waals surface area contributed by atoms with Gasteiger partial charge in [-0.2, -0.15) is 0 Å². The first kappa shape index (κ1) is 58.1. The Labute approximate surface area is 374 Å². The molecular formula is C55H102O5. The lowest BCUT2D eigenvalue weighted by Crippen LogP contribution is -2.30. The molecule has 60 heavy (non-hydrogen) atoms. The molecule has 0 aromatic carbocycles. The molecule has 0 saturated heterocycles. The first-order chi connectivity index (χ1) is 29.6. The lowest BCUT2D eigenvalue weighted by molar-refractivity contribution is -0.163. The van der Waals surface area contributed by atoms with Crippen LogP contribution in [0.4, 0.5) is 0 Å². The minimum atomic E-state index is -0.537. The van der Waals surface area contributed by atoms with Crippen LogP contribution in [-0.2, 0) is 23.8 Å². The third-order valence-electron chi connectivity index (χ3n) is 11.6. The number of rotatable bonds is 49. The zero-order chi connectivity index (χ0) is 43.5. The summed E-state index contributed by atoms with van der Waals surface area (Å²) in [7, 11) is 0. The highest BCUT2D eigenvalue weighted by molar-refractivity contribution is 5.70. The first-order valence-corrected chi connectivity index (χ1v) is 26.5. The van der Waals surface area contributed by atoms with Crippen molar-refractivity contribution in [2.75, 3.05) is 19.8 Å². The van der Waals surface area contributed by atoms with E-state index in [-0.39, 0.29) is 25.2 Å². The molecule has 0 aromatic rings. The van der Waals surface area contributed by atoms with Gasteiger partial charge in [0.05, 0.1) is 6.61 Å². The second kappa shape index (κ2) is 51.5. The molecule has 0 aromatic heterocycles. The van der Waals surface area contributed by atoms with Gasteiger partial charge in [-0.1, -0.05) is 224 Å². The molecule has 0 rings (SSSR count). The topological polar surface area (TPSA) is 61.8 Å². The van der Waals surface area contributed by atoms with E-state index < -0.39 is 6.10 Å². The minimum absolute atomic E-state index is 0.0833. The zero-order valence-corrected chi connectivity index (χ0v) is 40.5. The number of hydrogen-bond acceptors (Lipinski definition) is 5. The molecule has 0 amide bonds. The second-order valence-electron chi connectivity index (χ2n) is 17.8. The molecule has 352 valence electrons. The van der Waals surface area contributed by atoms with Crippen molar-refractivity contribution in [3.63, 3.8) is 0 Å². The molecule has 5 heteroatoms. The van der Waals surface area contributed by atoms with Crippen molar-refractivity contribution in [1.82, 2.24) is 0 Å². The predicted octanol–water partition coefficient (Wildman–Crippen LogP) is 17.8. The van der Waals surface area contributed by atoms with Gasteiger partial charge in [-0.25, -0.2) is 0 Å². The van der Waals surface area contributed by atoms with Crippen LogP contribution in [0.2, 0.25) is 0 Å². The number of hydrogen-bond donors (Lipinski definition) is 0. The molecule has 0 N–H and O–H groups in total. The standard InChI is InChI=1S/C55H102O5/c1-4-7-10-13-16-19-22-24-26-28-29-31-34-36-39-42-45-48-54(56)59-52-53(60-55(57)49-46-43-40-37-33-21-18-15-12-9-6-3)51-58-50-47-44-41-38-35-32-30-27-25-23-20-17-14-11-8-5-2/h16,19,24-27,53H,4-15,17-18,20-23,28-52H2,1-3H3/b19-16-,26-24-,27-25-. The Balaban J connectivity index is 4.22. The first-order valence-electron chi connectivity index (χ1n) is 26.5. The summed E-state index contributed by atoms with van der Waals surface area (Å²) < 4.78 is 17.4. The Morgan fingerprint density at radius 1 is 0.367 bits per heavy atom. The molecule has 0 radical (unpaired) electrons. The SMILES string of the molecule is CCCCC/C=C\C/C=C\CCCCCCCCCC(=O)OCC(COCCCCCCCC/C=C\CCCCCCCC)OC(=O)CCCCCCCCCCCCC. The summed E-state index contributed by atoms with van der Waals surface area (Å²) in [4.78, 5) is 25.4. The van der Waals surface area contributed by atoms with Gasteiger partial charge < -0.3 is 14.2 Å². The van der Waals surface area contributed by atoms with Crippen molar-refractivity contribution in [2.45, 2.75) is 284 Å². The van der Waals surface area contributed by atoms with Gasteiger partial charge >= 0.3 is 11.9 Å². The van der Waals surface area contributed by atoms with E-state index in [1.54, 1.807) is 0 Å². The van der Waals surface area contributed by atoms with E-state index in [4.69, 9.17) is 14.2 Å². The van der Waals surface area contributed by atoms with Gasteiger partial charge in [0, 0.05) is 19.4 Å². The van der Waals surface area contributed by atoms with Crippen molar-refractivity contribution >= 4 is 11.9 Å². The third kappa shape index (κ3) is 48.8. The average Bonchev–Trinajstić information content (AvgIpc) is 3.25. The average molecular weight is 843 g/mol. The Bertz CT molecular complexity index is 955. The molecular weight excluding hydrogens is 741 g/mol. The van der Waals surface area contributed by atoms with Gasteiger partial charge in [0.1, 0.15) is 6.61 Å². The highest BCUT2D eigenvalue weighted by atomic mass is 16.6. The van der Waals surface area contributed by atoms with Crippen molar-refractivity contribution < 1.29 is 23.8 Å². The Hall–Kier alpha value is -1.88. The molecule has 0 spiro atoms. The van der Waals surface area contributed by atoms with E-state index in [1.165, 1.54) is 193 Å². The largest absolute Gasteiger partial charge is 0.462 e. The Morgan fingerprint density at radius 2 is 0.700 bits per heavy atom. The zero-order valence-electron chi connectivity index (χ0n) is 40.5. The van der Waals surface area contributed by atoms with Gasteiger partial charge in [-0.3, -0.25) is 9.59 Å². The molecule has 0 aliphatic rings. The van der Waals surface area contributed by atoms with Gasteiger partial charge in [0.2, 0.25) is 0 Å². The molecule has 1 unspecified atom stereocenters. The third-order valence-corrected chi connectivity index (χ3v) is 11.6. The van der Waals surface area contributed by atoms with Gasteiger partial charge in [-0.05, 0) is 77.0 Å². The summed E-state index contributed by atoms with van der Waals surface area (Å²) in [6.07, 6.45) is 61.5. The molecule has 0 fully saturated rings. The quantitative estimate of drug-likeness (QED) is 0.0347. The maximum Gasteiger partial charge on any atom is 0.306 e. The number of carbonyl (C=O) groups excluding carboxylic acids is 2. The van der Waals surface area contributed by atoms with Crippen LogP contribution in [0.15, 0.2) is 36.5 Å². The maximum atomic E-state index is 12.8. The monoisotopic (exact) mass is 843 g/mol. The van der Waals surface area contributed by atoms with Gasteiger partial charge in [-0.15, -0.1) is 0 Å². The molecule has 0 aliphatic heterocycles. The van der Waals surface area contributed by atoms with Crippen LogP contribution in [0.1, 0.15) is 278 Å². The van der Waals surface area contributed by atoms with Crippen molar-refractivity contribution in [1.29, 1.82) is 0 Å². The van der Waals surface area contributed by atoms with Crippen LogP contribution in [0.3, 0.4) is 0 Å². The fourth-order valence-corrected chi connectivity index (χ4v) is 7.65. The number of ether oxygens (including phenoxy) is 3. The summed E-state index contributed by atoms with van der Waals surface area (Å²) >= 11 is 0. The van der Waals surface area contributed by atoms with Crippen LogP contribution < -0.4 is 0 Å². The van der Waals surface area contributed by atoms with E-state index in [9.17, 15) is 9.59 Å². The molecule has 0 heterocycles. The lowest BCUT2D eigenvalue weighted by Gasteiger charge is -2.18. The summed E-state index contributed by atoms with van der Waals surface area (Å²) in [5, 5.41) is 0. The van der Waals surface area contributed by atoms with Crippen molar-refractivity contribution in [3.8, 4) is 0 Å². The van der Waals surface area contributed by atoms with Gasteiger partial charge in [0.15, 0.2) is 6.10 Å². The van der Waals surface area contributed by atoms with Crippen molar-refractivity contribution in [3.05, 3.63) is 36.5 Å². The summed E-state index contributed by atoms with van der Waals surface area (Å²) in [5.74, 6) is -0.397. The smallest absolute Gasteiger partial charge is 0.306 e. The summed E-state index contributed by atoms with van der Waals surface area (Å²) in [6.45, 7) is 7.81. The van der Waals surface area contributed by atoms with Crippen molar-refractivity contribution in [2.24, 2.45) is 0 Å². The maximum absolute atomic E-state index is 12.8. The molecule has 1 atom stereocenters. The lowest BCUT2D eigenvalue weighted by atomic mass is 10.1. The Kier molecular flexibility index (Phi) is 49.9. The molecule has 0 saturated carbocycles. The van der Waals surface area contributed by atoms with Crippen LogP contribution in [0, 0.1) is 0 Å². The van der Waals surface area contributed by atoms with E-state index in [0.717, 1.165) is 51.4 Å². The highest BCUT2D eigenvalue weighted by Crippen LogP contribution is 2.15. The van der Waals surface area contributed by atoms with E-state index >= 15 is 0 Å². The Morgan fingerprint density at radius 3 is 1.15 bits per heavy atom. The van der Waals surface area contributed by atoms with E-state index in [0.29, 0.717) is 19.4 Å².